The molecule has 2 heteroatoms. The van der Waals surface area contributed by atoms with E-state index in [-0.39, 0.29) is 0 Å². The fourth-order valence-corrected chi connectivity index (χ4v) is 7.71. The summed E-state index contributed by atoms with van der Waals surface area (Å²) in [5.74, 6) is 0. The Kier molecular flexibility index (Phi) is 6.72. The monoisotopic (exact) mass is 612 g/mol. The van der Waals surface area contributed by atoms with Crippen molar-refractivity contribution in [3.05, 3.63) is 217 Å². The molecule has 0 unspecified atom stereocenters. The minimum absolute atomic E-state index is 0.482. The summed E-state index contributed by atoms with van der Waals surface area (Å²) >= 11 is 0. The van der Waals surface area contributed by atoms with Crippen molar-refractivity contribution in [2.24, 2.45) is 0 Å². The fourth-order valence-electron chi connectivity index (χ4n) is 7.71. The molecule has 0 spiro atoms. The molecule has 0 saturated heterocycles. The number of hydrogen-bond acceptors (Lipinski definition) is 2. The Bertz CT molecular complexity index is 2290. The third-order valence-corrected chi connectivity index (χ3v) is 9.77. The second kappa shape index (κ2) is 11.5. The molecule has 48 heavy (non-hydrogen) atoms. The van der Waals surface area contributed by atoms with Gasteiger partial charge in [0.05, 0.1) is 23.0 Å². The molecule has 0 N–H and O–H groups in total. The van der Waals surface area contributed by atoms with Crippen molar-refractivity contribution in [1.29, 1.82) is 0 Å². The summed E-state index contributed by atoms with van der Waals surface area (Å²) in [5, 5.41) is 2.53. The minimum Gasteiger partial charge on any atom is -0.309 e. The topological polar surface area (TPSA) is 16.1 Å². The van der Waals surface area contributed by atoms with Gasteiger partial charge in [0.2, 0.25) is 0 Å². The average Bonchev–Trinajstić information content (AvgIpc) is 3.48. The van der Waals surface area contributed by atoms with Crippen molar-refractivity contribution in [3.63, 3.8) is 0 Å². The van der Waals surface area contributed by atoms with Gasteiger partial charge in [-0.15, -0.1) is 0 Å². The van der Waals surface area contributed by atoms with Gasteiger partial charge in [0, 0.05) is 16.9 Å². The van der Waals surface area contributed by atoms with Gasteiger partial charge in [-0.05, 0) is 86.6 Å². The van der Waals surface area contributed by atoms with Gasteiger partial charge in [-0.25, -0.2) is 0 Å². The fraction of sp³-hybridized carbons (Fsp3) is 0.0217. The molecular formula is C46H32N2. The molecular weight excluding hydrogens is 581 g/mol. The number of nitrogens with zero attached hydrogens (tertiary/aromatic N) is 2. The maximum atomic E-state index is 5.10. The maximum Gasteiger partial charge on any atom is 0.0714 e. The van der Waals surface area contributed by atoms with Crippen LogP contribution in [0.1, 0.15) is 22.3 Å². The SMILES string of the molecule is c1ccc(N(c2ccccc2)c2ccc(-c3ccc4c(c3)C(c3ccccc3)(c3ccccc3)c3ccc5ccccc5c3-4)nc2)cc1. The number of benzene rings is 7. The quantitative estimate of drug-likeness (QED) is 0.186. The van der Waals surface area contributed by atoms with Gasteiger partial charge >= 0.3 is 0 Å². The van der Waals surface area contributed by atoms with Crippen LogP contribution in [-0.4, -0.2) is 4.98 Å². The molecule has 0 saturated carbocycles. The zero-order valence-corrected chi connectivity index (χ0v) is 26.4. The first-order valence-corrected chi connectivity index (χ1v) is 16.5. The van der Waals surface area contributed by atoms with E-state index < -0.39 is 5.41 Å². The highest BCUT2D eigenvalue weighted by Crippen LogP contribution is 2.58. The summed E-state index contributed by atoms with van der Waals surface area (Å²) in [5.41, 5.74) is 12.5. The number of pyridine rings is 1. The van der Waals surface area contributed by atoms with E-state index in [1.54, 1.807) is 0 Å². The standard InChI is InChI=1S/C46H32N2/c1-5-16-35(17-6-1)46(36-18-7-2-8-19-36)42-29-26-33-15-13-14-24-40(33)45(42)41-28-25-34(31-43(41)46)44-30-27-39(32-47-44)48(37-20-9-3-10-21-37)38-22-11-4-12-23-38/h1-32H. The van der Waals surface area contributed by atoms with Crippen molar-refractivity contribution >= 4 is 27.8 Å². The van der Waals surface area contributed by atoms with Crippen LogP contribution in [0.3, 0.4) is 0 Å². The summed E-state index contributed by atoms with van der Waals surface area (Å²) in [4.78, 5) is 7.34. The molecule has 0 fully saturated rings. The van der Waals surface area contributed by atoms with Crippen LogP contribution in [0.2, 0.25) is 0 Å². The normalized spacial score (nSPS) is 12.8. The van der Waals surface area contributed by atoms with Gasteiger partial charge in [-0.3, -0.25) is 4.98 Å². The Morgan fingerprint density at radius 1 is 0.438 bits per heavy atom. The molecule has 0 bridgehead atoms. The third kappa shape index (κ3) is 4.38. The van der Waals surface area contributed by atoms with Gasteiger partial charge in [0.25, 0.3) is 0 Å². The number of para-hydroxylation sites is 2. The molecule has 7 aromatic carbocycles. The molecule has 1 heterocycles. The molecule has 226 valence electrons. The molecule has 0 aliphatic heterocycles. The lowest BCUT2D eigenvalue weighted by Gasteiger charge is -2.34. The Balaban J connectivity index is 1.24. The first kappa shape index (κ1) is 28.0. The highest BCUT2D eigenvalue weighted by molar-refractivity contribution is 6.04. The van der Waals surface area contributed by atoms with E-state index >= 15 is 0 Å². The van der Waals surface area contributed by atoms with Gasteiger partial charge in [-0.2, -0.15) is 0 Å². The van der Waals surface area contributed by atoms with Crippen LogP contribution < -0.4 is 4.90 Å². The van der Waals surface area contributed by atoms with Crippen LogP contribution in [0.25, 0.3) is 33.2 Å². The number of hydrogen-bond donors (Lipinski definition) is 0. The molecule has 1 aliphatic rings. The number of aromatic nitrogens is 1. The lowest BCUT2D eigenvalue weighted by atomic mass is 9.67. The van der Waals surface area contributed by atoms with Crippen molar-refractivity contribution in [3.8, 4) is 22.4 Å². The molecule has 0 amide bonds. The summed E-state index contributed by atoms with van der Waals surface area (Å²) in [6, 6.07) is 67.6. The molecule has 0 radical (unpaired) electrons. The number of rotatable bonds is 6. The Morgan fingerprint density at radius 3 is 1.62 bits per heavy atom. The maximum absolute atomic E-state index is 5.10. The molecule has 1 aromatic heterocycles. The lowest BCUT2D eigenvalue weighted by molar-refractivity contribution is 0.769. The highest BCUT2D eigenvalue weighted by Gasteiger charge is 2.46. The third-order valence-electron chi connectivity index (χ3n) is 9.77. The van der Waals surface area contributed by atoms with E-state index in [4.69, 9.17) is 4.98 Å². The van der Waals surface area contributed by atoms with E-state index in [2.05, 4.69) is 181 Å². The largest absolute Gasteiger partial charge is 0.309 e. The van der Waals surface area contributed by atoms with Crippen LogP contribution >= 0.6 is 0 Å². The molecule has 0 atom stereocenters. The summed E-state index contributed by atoms with van der Waals surface area (Å²) in [7, 11) is 0. The highest BCUT2D eigenvalue weighted by atomic mass is 15.1. The summed E-state index contributed by atoms with van der Waals surface area (Å²) < 4.78 is 0. The van der Waals surface area contributed by atoms with E-state index in [0.717, 1.165) is 28.3 Å². The number of fused-ring (bicyclic) bond motifs is 5. The lowest BCUT2D eigenvalue weighted by Crippen LogP contribution is -2.28. The van der Waals surface area contributed by atoms with Crippen LogP contribution in [0.15, 0.2) is 194 Å². The first-order valence-electron chi connectivity index (χ1n) is 16.5. The van der Waals surface area contributed by atoms with Crippen molar-refractivity contribution in [1.82, 2.24) is 4.98 Å². The van der Waals surface area contributed by atoms with Gasteiger partial charge < -0.3 is 4.90 Å². The molecule has 9 rings (SSSR count). The predicted molar refractivity (Wildman–Crippen MR) is 199 cm³/mol. The number of anilines is 3. The first-order chi connectivity index (χ1) is 23.8. The van der Waals surface area contributed by atoms with Crippen molar-refractivity contribution < 1.29 is 0 Å². The van der Waals surface area contributed by atoms with E-state index in [9.17, 15) is 0 Å². The van der Waals surface area contributed by atoms with Gasteiger partial charge in [-0.1, -0.05) is 146 Å². The van der Waals surface area contributed by atoms with E-state index in [1.807, 2.05) is 18.3 Å². The Hall–Kier alpha value is -6.25. The smallest absolute Gasteiger partial charge is 0.0714 e. The van der Waals surface area contributed by atoms with Crippen molar-refractivity contribution in [2.45, 2.75) is 5.41 Å². The van der Waals surface area contributed by atoms with E-state index in [1.165, 1.54) is 44.2 Å². The second-order valence-corrected chi connectivity index (χ2v) is 12.4. The van der Waals surface area contributed by atoms with Crippen LogP contribution in [0.5, 0.6) is 0 Å². The zero-order valence-electron chi connectivity index (χ0n) is 26.4. The Labute approximate surface area is 281 Å². The predicted octanol–water partition coefficient (Wildman–Crippen LogP) is 11.7. The van der Waals surface area contributed by atoms with Gasteiger partial charge in [0.15, 0.2) is 0 Å². The molecule has 1 aliphatic carbocycles. The van der Waals surface area contributed by atoms with Crippen LogP contribution in [0.4, 0.5) is 17.1 Å². The zero-order chi connectivity index (χ0) is 31.9. The minimum atomic E-state index is -0.482. The van der Waals surface area contributed by atoms with Crippen molar-refractivity contribution in [2.75, 3.05) is 4.90 Å². The Morgan fingerprint density at radius 2 is 1.02 bits per heavy atom. The molecule has 8 aromatic rings. The average molecular weight is 613 g/mol. The second-order valence-electron chi connectivity index (χ2n) is 12.4. The van der Waals surface area contributed by atoms with Crippen LogP contribution in [0, 0.1) is 0 Å². The van der Waals surface area contributed by atoms with E-state index in [0.29, 0.717) is 0 Å². The van der Waals surface area contributed by atoms with Crippen LogP contribution in [-0.2, 0) is 5.41 Å². The molecule has 2 nitrogen and oxygen atoms in total. The summed E-state index contributed by atoms with van der Waals surface area (Å²) in [6.45, 7) is 0. The van der Waals surface area contributed by atoms with Gasteiger partial charge in [0.1, 0.15) is 0 Å². The summed E-state index contributed by atoms with van der Waals surface area (Å²) in [6.07, 6.45) is 1.99.